The molecule has 0 radical (unpaired) electrons. The van der Waals surface area contributed by atoms with Crippen LogP contribution in [0.1, 0.15) is 28.8 Å². The maximum Gasteiger partial charge on any atom is 0.295 e. The third kappa shape index (κ3) is 5.83. The Kier molecular flexibility index (Phi) is 8.61. The van der Waals surface area contributed by atoms with E-state index >= 15 is 0 Å². The van der Waals surface area contributed by atoms with Crippen molar-refractivity contribution < 1.29 is 27.6 Å². The Morgan fingerprint density at radius 3 is 2.24 bits per heavy atom. The second kappa shape index (κ2) is 11.4. The molecule has 170 valence electrons. The van der Waals surface area contributed by atoms with Crippen LogP contribution < -0.4 is 15.2 Å². The van der Waals surface area contributed by atoms with Gasteiger partial charge in [0.1, 0.15) is 10.6 Å². The normalized spacial score (nSPS) is 12.3. The van der Waals surface area contributed by atoms with E-state index in [1.54, 1.807) is 12.1 Å². The van der Waals surface area contributed by atoms with Gasteiger partial charge in [-0.2, -0.15) is 8.42 Å². The van der Waals surface area contributed by atoms with Crippen molar-refractivity contribution in [3.05, 3.63) is 80.8 Å². The lowest BCUT2D eigenvalue weighted by molar-refractivity contribution is 0.0970. The van der Waals surface area contributed by atoms with Gasteiger partial charge in [-0.1, -0.05) is 24.3 Å². The summed E-state index contributed by atoms with van der Waals surface area (Å²) in [6.07, 6.45) is -0.0363. The quantitative estimate of drug-likeness (QED) is 0.252. The Morgan fingerprint density at radius 2 is 1.68 bits per heavy atom. The average Bonchev–Trinajstić information content (AvgIpc) is 2.83. The van der Waals surface area contributed by atoms with Crippen LogP contribution in [0.15, 0.2) is 41.3 Å². The second-order valence-electron chi connectivity index (χ2n) is 6.65. The van der Waals surface area contributed by atoms with Crippen LogP contribution in [0.3, 0.4) is 0 Å². The smallest absolute Gasteiger partial charge is 0.295 e. The van der Waals surface area contributed by atoms with Crippen LogP contribution in [-0.2, 0) is 16.7 Å². The molecule has 0 aliphatic carbocycles. The zero-order chi connectivity index (χ0) is 25.3. The fourth-order valence-electron chi connectivity index (χ4n) is 3.04. The number of benzene rings is 2. The molecule has 34 heavy (non-hydrogen) atoms. The van der Waals surface area contributed by atoms with Crippen molar-refractivity contribution in [2.45, 2.75) is 24.3 Å². The van der Waals surface area contributed by atoms with Crippen molar-refractivity contribution in [1.29, 1.82) is 10.5 Å². The number of aliphatic hydroxyl groups is 1. The van der Waals surface area contributed by atoms with Crippen molar-refractivity contribution in [3.63, 3.8) is 0 Å². The predicted molar refractivity (Wildman–Crippen MR) is 118 cm³/mol. The van der Waals surface area contributed by atoms with Crippen molar-refractivity contribution in [2.24, 2.45) is 0 Å². The first kappa shape index (κ1) is 25.7. The Bertz CT molecular complexity index is 1500. The number of carbonyl (C=O) groups is 1. The van der Waals surface area contributed by atoms with E-state index < -0.39 is 27.4 Å². The number of rotatable bonds is 8. The molecule has 0 bridgehead atoms. The molecule has 0 heterocycles. The summed E-state index contributed by atoms with van der Waals surface area (Å²) in [5.41, 5.74) is -0.670. The number of hydrogen-bond acceptors (Lipinski definition) is 7. The maximum atomic E-state index is 12.5. The van der Waals surface area contributed by atoms with Gasteiger partial charge >= 0.3 is 0 Å². The minimum Gasteiger partial charge on any atom is -0.494 e. The molecule has 0 spiro atoms. The standard InChI is InChI=1S/C23H16N4O6S/c1-26-19(12-24)17-11-22(18(10-15(17)14-28)20(13-25)27-2)33-9-5-7-21(29)16-6-3-4-8-23(16)34(30,31)32/h3-4,6,8,10-11,28H,5,7,9,14H2,(H,30,31,32). The van der Waals surface area contributed by atoms with E-state index in [1.165, 1.54) is 30.3 Å². The molecule has 0 unspecified atom stereocenters. The fourth-order valence-corrected chi connectivity index (χ4v) is 3.75. The average molecular weight is 476 g/mol. The van der Waals surface area contributed by atoms with Gasteiger partial charge < -0.3 is 9.84 Å². The molecule has 2 N–H and O–H groups in total. The van der Waals surface area contributed by atoms with Gasteiger partial charge in [-0.15, -0.1) is 0 Å². The number of ketones is 1. The Hall–Kier alpha value is -4.52. The summed E-state index contributed by atoms with van der Waals surface area (Å²) in [5, 5.41) is 28.2. The van der Waals surface area contributed by atoms with Crippen LogP contribution in [0.4, 0.5) is 0 Å². The highest BCUT2D eigenvalue weighted by Gasteiger charge is 2.19. The van der Waals surface area contributed by atoms with E-state index in [2.05, 4.69) is 9.69 Å². The van der Waals surface area contributed by atoms with Crippen molar-refractivity contribution >= 4 is 27.3 Å². The van der Waals surface area contributed by atoms with E-state index in [0.29, 0.717) is 0 Å². The summed E-state index contributed by atoms with van der Waals surface area (Å²) >= 11 is 0. The third-order valence-corrected chi connectivity index (χ3v) is 5.50. The molecule has 0 fully saturated rings. The number of carbonyl (C=O) groups excluding carboxylic acids is 1. The topological polar surface area (TPSA) is 157 Å². The van der Waals surface area contributed by atoms with E-state index in [4.69, 9.17) is 17.9 Å². The Balaban J connectivity index is 2.37. The number of hydrogen-bond donors (Lipinski definition) is 2. The first-order valence-electron chi connectivity index (χ1n) is 9.51. The van der Waals surface area contributed by atoms with Gasteiger partial charge in [0.05, 0.1) is 38.5 Å². The van der Waals surface area contributed by atoms with E-state index in [9.17, 15) is 33.4 Å². The lowest BCUT2D eigenvalue weighted by Crippen LogP contribution is -2.21. The van der Waals surface area contributed by atoms with Crippen LogP contribution >= 0.6 is 0 Å². The zero-order valence-electron chi connectivity index (χ0n) is 17.5. The molecule has 2 aromatic rings. The van der Waals surface area contributed by atoms with Gasteiger partial charge in [0.15, 0.2) is 5.78 Å². The van der Waals surface area contributed by atoms with Gasteiger partial charge in [0.25, 0.3) is 21.5 Å². The summed E-state index contributed by atoms with van der Waals surface area (Å²) in [6, 6.07) is 11.2. The monoisotopic (exact) mass is 476 g/mol. The van der Waals surface area contributed by atoms with Crippen LogP contribution in [0.5, 0.6) is 5.75 Å². The zero-order valence-corrected chi connectivity index (χ0v) is 18.3. The predicted octanol–water partition coefficient (Wildman–Crippen LogP) is 1.57. The molecule has 0 saturated heterocycles. The summed E-state index contributed by atoms with van der Waals surface area (Å²) in [5.74, 6) is -0.547. The summed E-state index contributed by atoms with van der Waals surface area (Å²) < 4.78 is 37.9. The van der Waals surface area contributed by atoms with Crippen LogP contribution in [-0.4, -0.2) is 30.5 Å². The summed E-state index contributed by atoms with van der Waals surface area (Å²) in [7, 11) is -4.58. The molecular formula is C23H16N4O6S. The molecule has 0 aromatic heterocycles. The highest BCUT2D eigenvalue weighted by atomic mass is 32.2. The highest BCUT2D eigenvalue weighted by Crippen LogP contribution is 2.18. The van der Waals surface area contributed by atoms with Crippen LogP contribution in [0, 0.1) is 35.8 Å². The molecule has 0 saturated carbocycles. The largest absolute Gasteiger partial charge is 0.494 e. The molecule has 11 heteroatoms. The first-order valence-corrected chi connectivity index (χ1v) is 11.0. The fraction of sp³-hybridized carbons (Fsp3) is 0.174. The highest BCUT2D eigenvalue weighted by molar-refractivity contribution is 7.86. The van der Waals surface area contributed by atoms with E-state index in [1.807, 2.05) is 0 Å². The number of ether oxygens (including phenoxy) is 1. The van der Waals surface area contributed by atoms with Crippen molar-refractivity contribution in [2.75, 3.05) is 6.61 Å². The van der Waals surface area contributed by atoms with E-state index in [-0.39, 0.29) is 58.2 Å². The van der Waals surface area contributed by atoms with Crippen molar-refractivity contribution in [1.82, 2.24) is 0 Å². The number of Topliss-reactive ketones (excluding diaryl/α,β-unsaturated/α-hetero) is 1. The molecule has 0 aliphatic heterocycles. The van der Waals surface area contributed by atoms with Crippen LogP contribution in [0.25, 0.3) is 21.1 Å². The number of nitrogens with zero attached hydrogens (tertiary/aromatic N) is 4. The second-order valence-corrected chi connectivity index (χ2v) is 8.04. The Morgan fingerprint density at radius 1 is 1.06 bits per heavy atom. The van der Waals surface area contributed by atoms with E-state index in [0.717, 1.165) is 6.07 Å². The molecule has 0 amide bonds. The molecule has 10 nitrogen and oxygen atoms in total. The van der Waals surface area contributed by atoms with Gasteiger partial charge in [-0.05, 0) is 24.1 Å². The first-order chi connectivity index (χ1) is 16.2. The Labute approximate surface area is 195 Å². The third-order valence-electron chi connectivity index (χ3n) is 4.59. The number of nitriles is 2. The lowest BCUT2D eigenvalue weighted by atomic mass is 10.1. The number of aliphatic hydroxyl groups excluding tert-OH is 1. The van der Waals surface area contributed by atoms with Gasteiger partial charge in [0.2, 0.25) is 0 Å². The minimum absolute atomic E-state index is 0.00179. The lowest BCUT2D eigenvalue weighted by Gasteiger charge is -2.10. The van der Waals surface area contributed by atoms with Gasteiger partial charge in [-0.25, -0.2) is 20.2 Å². The van der Waals surface area contributed by atoms with Crippen LogP contribution in [0.2, 0.25) is 0 Å². The molecular weight excluding hydrogens is 460 g/mol. The van der Waals surface area contributed by atoms with Crippen molar-refractivity contribution in [3.8, 4) is 17.9 Å². The summed E-state index contributed by atoms with van der Waals surface area (Å²) in [6.45, 7) is 13.7. The molecule has 2 aromatic carbocycles. The summed E-state index contributed by atoms with van der Waals surface area (Å²) in [4.78, 5) is 18.2. The van der Waals surface area contributed by atoms with Gasteiger partial charge in [0, 0.05) is 22.4 Å². The molecule has 0 aliphatic rings. The minimum atomic E-state index is -4.58. The van der Waals surface area contributed by atoms with Gasteiger partial charge in [-0.3, -0.25) is 9.35 Å². The SMILES string of the molecule is [C-]#[N+]C(C#N)=c1cc(OCCCC(=O)c2ccccc2S(=O)(=O)O)c(=C(C#N)[N+]#[C-])cc1CO. The molecule has 2 rings (SSSR count). The maximum absolute atomic E-state index is 12.5. The molecule has 0 atom stereocenters.